The number of carbonyl (C=O) groups excluding carboxylic acids is 4. The minimum atomic E-state index is -1.01. The molecular formula is C13H22N2O7. The van der Waals surface area contributed by atoms with Crippen LogP contribution in [0.5, 0.6) is 0 Å². The lowest BCUT2D eigenvalue weighted by Crippen LogP contribution is -2.49. The van der Waals surface area contributed by atoms with Crippen LogP contribution in [0.3, 0.4) is 0 Å². The highest BCUT2D eigenvalue weighted by molar-refractivity contribution is 5.88. The first-order valence-electron chi connectivity index (χ1n) is 6.63. The Morgan fingerprint density at radius 3 is 1.86 bits per heavy atom. The van der Waals surface area contributed by atoms with Gasteiger partial charge in [0.2, 0.25) is 5.91 Å². The van der Waals surface area contributed by atoms with Gasteiger partial charge in [-0.25, -0.2) is 4.79 Å². The van der Waals surface area contributed by atoms with E-state index in [2.05, 4.69) is 19.5 Å². The molecule has 0 aliphatic carbocycles. The third kappa shape index (κ3) is 7.58. The maximum absolute atomic E-state index is 11.9. The first-order chi connectivity index (χ1) is 10.3. The third-order valence-electron chi connectivity index (χ3n) is 2.89. The number of nitrogens with one attached hydrogen (secondary N) is 1. The zero-order chi connectivity index (χ0) is 17.1. The van der Waals surface area contributed by atoms with Crippen LogP contribution in [0.2, 0.25) is 0 Å². The highest BCUT2D eigenvalue weighted by atomic mass is 16.5. The van der Waals surface area contributed by atoms with Crippen molar-refractivity contribution in [3.63, 3.8) is 0 Å². The molecule has 0 spiro atoms. The average molecular weight is 318 g/mol. The van der Waals surface area contributed by atoms with Crippen molar-refractivity contribution in [2.75, 3.05) is 21.3 Å². The van der Waals surface area contributed by atoms with E-state index in [9.17, 15) is 19.2 Å². The molecule has 0 saturated carbocycles. The van der Waals surface area contributed by atoms with E-state index in [0.29, 0.717) is 0 Å². The number of ether oxygens (including phenoxy) is 3. The van der Waals surface area contributed by atoms with Gasteiger partial charge in [0.15, 0.2) is 0 Å². The van der Waals surface area contributed by atoms with Gasteiger partial charge < -0.3 is 25.3 Å². The van der Waals surface area contributed by atoms with E-state index in [1.165, 1.54) is 14.2 Å². The minimum absolute atomic E-state index is 0.0177. The molecule has 0 rings (SSSR count). The minimum Gasteiger partial charge on any atom is -0.469 e. The van der Waals surface area contributed by atoms with Crippen LogP contribution in [-0.2, 0) is 33.4 Å². The van der Waals surface area contributed by atoms with Crippen LogP contribution in [0.4, 0.5) is 0 Å². The first kappa shape index (κ1) is 19.8. The normalized spacial score (nSPS) is 12.7. The van der Waals surface area contributed by atoms with Crippen molar-refractivity contribution in [3.05, 3.63) is 0 Å². The number of methoxy groups -OCH3 is 3. The van der Waals surface area contributed by atoms with Crippen LogP contribution in [0.15, 0.2) is 0 Å². The van der Waals surface area contributed by atoms with Gasteiger partial charge in [-0.15, -0.1) is 0 Å². The molecule has 0 aromatic rings. The van der Waals surface area contributed by atoms with Crippen molar-refractivity contribution in [1.29, 1.82) is 0 Å². The van der Waals surface area contributed by atoms with E-state index in [4.69, 9.17) is 5.73 Å². The predicted molar refractivity (Wildman–Crippen MR) is 74.4 cm³/mol. The number of amides is 1. The summed E-state index contributed by atoms with van der Waals surface area (Å²) < 4.78 is 13.5. The van der Waals surface area contributed by atoms with Crippen LogP contribution >= 0.6 is 0 Å². The van der Waals surface area contributed by atoms with E-state index < -0.39 is 35.9 Å². The molecular weight excluding hydrogens is 296 g/mol. The molecule has 0 saturated heterocycles. The maximum atomic E-state index is 11.9. The Kier molecular flexibility index (Phi) is 9.51. The Balaban J connectivity index is 4.50. The monoisotopic (exact) mass is 318 g/mol. The SMILES string of the molecule is COC(=O)CC[C@H](NC(=O)[C@@H](N)CCC(=O)OC)C(=O)OC. The van der Waals surface area contributed by atoms with Crippen molar-refractivity contribution in [3.8, 4) is 0 Å². The molecule has 9 heteroatoms. The molecule has 0 fully saturated rings. The topological polar surface area (TPSA) is 134 Å². The van der Waals surface area contributed by atoms with Crippen molar-refractivity contribution >= 4 is 23.8 Å². The molecule has 1 amide bonds. The van der Waals surface area contributed by atoms with Gasteiger partial charge in [0.25, 0.3) is 0 Å². The van der Waals surface area contributed by atoms with Gasteiger partial charge in [-0.2, -0.15) is 0 Å². The zero-order valence-corrected chi connectivity index (χ0v) is 12.9. The molecule has 2 atom stereocenters. The maximum Gasteiger partial charge on any atom is 0.328 e. The summed E-state index contributed by atoms with van der Waals surface area (Å²) in [4.78, 5) is 45.5. The molecule has 0 aliphatic heterocycles. The lowest BCUT2D eigenvalue weighted by atomic mass is 10.1. The molecule has 126 valence electrons. The summed E-state index contributed by atoms with van der Waals surface area (Å²) >= 11 is 0. The van der Waals surface area contributed by atoms with Crippen molar-refractivity contribution < 1.29 is 33.4 Å². The number of esters is 3. The molecule has 0 heterocycles. The molecule has 22 heavy (non-hydrogen) atoms. The Labute approximate surface area is 128 Å². The van der Waals surface area contributed by atoms with E-state index in [-0.39, 0.29) is 25.7 Å². The third-order valence-corrected chi connectivity index (χ3v) is 2.89. The fraction of sp³-hybridized carbons (Fsp3) is 0.692. The van der Waals surface area contributed by atoms with Crippen LogP contribution < -0.4 is 11.1 Å². The van der Waals surface area contributed by atoms with Crippen molar-refractivity contribution in [2.24, 2.45) is 5.73 Å². The molecule has 0 aliphatic rings. The summed E-state index contributed by atoms with van der Waals surface area (Å²) in [5.41, 5.74) is 5.63. The lowest BCUT2D eigenvalue weighted by Gasteiger charge is -2.18. The van der Waals surface area contributed by atoms with E-state index in [1.54, 1.807) is 0 Å². The van der Waals surface area contributed by atoms with Crippen LogP contribution in [0, 0.1) is 0 Å². The zero-order valence-electron chi connectivity index (χ0n) is 12.9. The number of nitrogens with two attached hydrogens (primary N) is 1. The quantitative estimate of drug-likeness (QED) is 0.403. The predicted octanol–water partition coefficient (Wildman–Crippen LogP) is -1.12. The van der Waals surface area contributed by atoms with Crippen LogP contribution in [0.1, 0.15) is 25.7 Å². The molecule has 0 unspecified atom stereocenters. The smallest absolute Gasteiger partial charge is 0.328 e. The highest BCUT2D eigenvalue weighted by Gasteiger charge is 2.25. The summed E-state index contributed by atoms with van der Waals surface area (Å²) in [5.74, 6) is -2.32. The van der Waals surface area contributed by atoms with Gasteiger partial charge >= 0.3 is 17.9 Å². The molecule has 9 nitrogen and oxygen atoms in total. The molecule has 0 bridgehead atoms. The standard InChI is InChI=1S/C13H22N2O7/c1-20-10(16)6-4-8(14)12(18)15-9(13(19)22-3)5-7-11(17)21-2/h8-9H,4-7,14H2,1-3H3,(H,15,18)/t8-,9-/m0/s1. The Bertz CT molecular complexity index is 411. The summed E-state index contributed by atoms with van der Waals surface area (Å²) in [5, 5.41) is 2.39. The first-order valence-corrected chi connectivity index (χ1v) is 6.63. The lowest BCUT2D eigenvalue weighted by molar-refractivity contribution is -0.147. The van der Waals surface area contributed by atoms with Gasteiger partial charge in [0, 0.05) is 12.8 Å². The number of hydrogen-bond donors (Lipinski definition) is 2. The highest BCUT2D eigenvalue weighted by Crippen LogP contribution is 2.03. The number of hydrogen-bond acceptors (Lipinski definition) is 8. The Morgan fingerprint density at radius 1 is 0.909 bits per heavy atom. The van der Waals surface area contributed by atoms with Gasteiger partial charge in [0.1, 0.15) is 6.04 Å². The van der Waals surface area contributed by atoms with Gasteiger partial charge in [-0.05, 0) is 12.8 Å². The molecule has 0 aromatic heterocycles. The summed E-state index contributed by atoms with van der Waals surface area (Å²) in [7, 11) is 3.61. The van der Waals surface area contributed by atoms with Crippen LogP contribution in [0.25, 0.3) is 0 Å². The molecule has 0 aromatic carbocycles. The molecule has 0 radical (unpaired) electrons. The second-order valence-electron chi connectivity index (χ2n) is 4.42. The average Bonchev–Trinajstić information content (AvgIpc) is 2.54. The van der Waals surface area contributed by atoms with E-state index in [1.807, 2.05) is 0 Å². The van der Waals surface area contributed by atoms with Crippen LogP contribution in [-0.4, -0.2) is 57.2 Å². The van der Waals surface area contributed by atoms with Gasteiger partial charge in [0.05, 0.1) is 27.4 Å². The van der Waals surface area contributed by atoms with Gasteiger partial charge in [-0.3, -0.25) is 14.4 Å². The number of carbonyl (C=O) groups is 4. The molecule has 3 N–H and O–H groups in total. The number of rotatable bonds is 9. The summed E-state index contributed by atoms with van der Waals surface area (Å²) in [6.45, 7) is 0. The summed E-state index contributed by atoms with van der Waals surface area (Å²) in [6.07, 6.45) is 0.0162. The fourth-order valence-electron chi connectivity index (χ4n) is 1.54. The van der Waals surface area contributed by atoms with E-state index >= 15 is 0 Å². The van der Waals surface area contributed by atoms with Crippen molar-refractivity contribution in [2.45, 2.75) is 37.8 Å². The Morgan fingerprint density at radius 2 is 1.41 bits per heavy atom. The van der Waals surface area contributed by atoms with Gasteiger partial charge in [-0.1, -0.05) is 0 Å². The van der Waals surface area contributed by atoms with Crippen molar-refractivity contribution in [1.82, 2.24) is 5.32 Å². The Hall–Kier alpha value is -2.16. The second kappa shape index (κ2) is 10.6. The summed E-state index contributed by atoms with van der Waals surface area (Å²) in [6, 6.07) is -2.00. The second-order valence-corrected chi connectivity index (χ2v) is 4.42. The largest absolute Gasteiger partial charge is 0.469 e. The van der Waals surface area contributed by atoms with E-state index in [0.717, 1.165) is 7.11 Å². The fourth-order valence-corrected chi connectivity index (χ4v) is 1.54.